The molecule has 0 aromatic carbocycles. The quantitative estimate of drug-likeness (QED) is 0.832. The van der Waals surface area contributed by atoms with Gasteiger partial charge in [-0.3, -0.25) is 14.7 Å². The molecule has 1 atom stereocenters. The summed E-state index contributed by atoms with van der Waals surface area (Å²) in [5.41, 5.74) is 1.76. The minimum absolute atomic E-state index is 0.0727. The molecule has 0 bridgehead atoms. The lowest BCUT2D eigenvalue weighted by molar-refractivity contribution is -0.0695. The Hall–Kier alpha value is -2.47. The van der Waals surface area contributed by atoms with Crippen molar-refractivity contribution in [1.82, 2.24) is 19.8 Å². The number of carbonyl (C=O) groups excluding carboxylic acids is 1. The number of amides is 1. The second-order valence-electron chi connectivity index (χ2n) is 7.90. The van der Waals surface area contributed by atoms with Crippen molar-refractivity contribution < 1.29 is 9.53 Å². The van der Waals surface area contributed by atoms with E-state index in [-0.39, 0.29) is 11.4 Å². The molecule has 0 N–H and O–H groups in total. The van der Waals surface area contributed by atoms with Gasteiger partial charge in [-0.05, 0) is 57.0 Å². The van der Waals surface area contributed by atoms with Crippen LogP contribution in [0.15, 0.2) is 42.9 Å². The molecule has 4 rings (SSSR count). The van der Waals surface area contributed by atoms with Crippen molar-refractivity contribution in [3.05, 3.63) is 54.0 Å². The van der Waals surface area contributed by atoms with E-state index in [0.717, 1.165) is 38.0 Å². The summed E-state index contributed by atoms with van der Waals surface area (Å²) < 4.78 is 5.88. The maximum Gasteiger partial charge on any atom is 0.255 e. The number of rotatable bonds is 4. The van der Waals surface area contributed by atoms with Gasteiger partial charge in [-0.25, -0.2) is 4.98 Å². The zero-order valence-electron chi connectivity index (χ0n) is 16.0. The molecule has 0 unspecified atom stereocenters. The highest BCUT2D eigenvalue weighted by Crippen LogP contribution is 2.39. The Labute approximate surface area is 160 Å². The van der Waals surface area contributed by atoms with Crippen molar-refractivity contribution in [2.45, 2.75) is 25.3 Å². The number of pyridine rings is 2. The van der Waals surface area contributed by atoms with Crippen LogP contribution in [0.5, 0.6) is 5.88 Å². The van der Waals surface area contributed by atoms with Crippen LogP contribution in [0, 0.1) is 12.8 Å². The van der Waals surface area contributed by atoms with Gasteiger partial charge in [-0.2, -0.15) is 0 Å². The van der Waals surface area contributed by atoms with Crippen molar-refractivity contribution in [1.29, 1.82) is 0 Å². The fourth-order valence-electron chi connectivity index (χ4n) is 4.22. The Morgan fingerprint density at radius 1 is 1.33 bits per heavy atom. The second-order valence-corrected chi connectivity index (χ2v) is 7.90. The van der Waals surface area contributed by atoms with Crippen LogP contribution in [-0.4, -0.2) is 64.5 Å². The van der Waals surface area contributed by atoms with E-state index in [0.29, 0.717) is 24.0 Å². The first kappa shape index (κ1) is 17.9. The molecule has 6 heteroatoms. The monoisotopic (exact) mass is 366 g/mol. The van der Waals surface area contributed by atoms with Gasteiger partial charge in [0.2, 0.25) is 5.88 Å². The van der Waals surface area contributed by atoms with Crippen molar-refractivity contribution in [3.63, 3.8) is 0 Å². The van der Waals surface area contributed by atoms with E-state index in [1.54, 1.807) is 18.6 Å². The molecule has 27 heavy (non-hydrogen) atoms. The van der Waals surface area contributed by atoms with Crippen molar-refractivity contribution in [2.24, 2.45) is 5.92 Å². The predicted octanol–water partition coefficient (Wildman–Crippen LogP) is 2.40. The number of likely N-dealkylation sites (N-methyl/N-ethyl adjacent to an activating group) is 1. The molecule has 142 valence electrons. The van der Waals surface area contributed by atoms with Gasteiger partial charge < -0.3 is 9.64 Å². The van der Waals surface area contributed by atoms with Gasteiger partial charge in [0.15, 0.2) is 0 Å². The van der Waals surface area contributed by atoms with E-state index in [1.807, 2.05) is 36.1 Å². The van der Waals surface area contributed by atoms with Crippen LogP contribution < -0.4 is 4.74 Å². The van der Waals surface area contributed by atoms with Gasteiger partial charge >= 0.3 is 0 Å². The largest absolute Gasteiger partial charge is 0.477 e. The van der Waals surface area contributed by atoms with E-state index >= 15 is 0 Å². The lowest BCUT2D eigenvalue weighted by Crippen LogP contribution is -2.72. The van der Waals surface area contributed by atoms with Crippen molar-refractivity contribution >= 4 is 5.91 Å². The molecule has 4 heterocycles. The Bertz CT molecular complexity index is 805. The van der Waals surface area contributed by atoms with E-state index in [1.165, 1.54) is 0 Å². The third-order valence-corrected chi connectivity index (χ3v) is 5.84. The highest BCUT2D eigenvalue weighted by Gasteiger charge is 2.51. The molecule has 2 aromatic rings. The SMILES string of the molecule is Cc1cncc(C(=O)N2CC3(C[C@H](COc4ccccn4)CCN3C)C2)c1. The number of hydrogen-bond donors (Lipinski definition) is 0. The summed E-state index contributed by atoms with van der Waals surface area (Å²) in [6.07, 6.45) is 7.35. The van der Waals surface area contributed by atoms with Crippen LogP contribution in [0.3, 0.4) is 0 Å². The summed E-state index contributed by atoms with van der Waals surface area (Å²) in [6.45, 7) is 5.22. The van der Waals surface area contributed by atoms with Crippen LogP contribution in [-0.2, 0) is 0 Å². The molecular weight excluding hydrogens is 340 g/mol. The Balaban J connectivity index is 1.36. The molecule has 0 radical (unpaired) electrons. The number of likely N-dealkylation sites (tertiary alicyclic amines) is 2. The first-order valence-corrected chi connectivity index (χ1v) is 9.52. The lowest BCUT2D eigenvalue weighted by atomic mass is 9.75. The minimum atomic E-state index is 0.0727. The number of piperidine rings is 1. The van der Waals surface area contributed by atoms with Crippen LogP contribution in [0.2, 0.25) is 0 Å². The molecular formula is C21H26N4O2. The van der Waals surface area contributed by atoms with E-state index in [9.17, 15) is 4.79 Å². The molecule has 6 nitrogen and oxygen atoms in total. The fraction of sp³-hybridized carbons (Fsp3) is 0.476. The standard InChI is InChI=1S/C21H26N4O2/c1-16-9-18(12-22-11-16)20(26)25-14-21(15-25)10-17(6-8-24(21)2)13-27-19-5-3-4-7-23-19/h3-5,7,9,11-12,17H,6,8,10,13-15H2,1-2H3/t17-/m1/s1. The third-order valence-electron chi connectivity index (χ3n) is 5.84. The Morgan fingerprint density at radius 3 is 2.93 bits per heavy atom. The van der Waals surface area contributed by atoms with E-state index < -0.39 is 0 Å². The molecule has 2 aliphatic rings. The van der Waals surface area contributed by atoms with Crippen LogP contribution >= 0.6 is 0 Å². The van der Waals surface area contributed by atoms with Gasteiger partial charge in [0.1, 0.15) is 0 Å². The zero-order valence-corrected chi connectivity index (χ0v) is 16.0. The minimum Gasteiger partial charge on any atom is -0.477 e. The van der Waals surface area contributed by atoms with Crippen molar-refractivity contribution in [3.8, 4) is 5.88 Å². The topological polar surface area (TPSA) is 58.6 Å². The van der Waals surface area contributed by atoms with Gasteiger partial charge in [-0.1, -0.05) is 6.07 Å². The molecule has 1 spiro atoms. The first-order chi connectivity index (χ1) is 13.1. The fourth-order valence-corrected chi connectivity index (χ4v) is 4.22. The van der Waals surface area contributed by atoms with Gasteiger partial charge in [-0.15, -0.1) is 0 Å². The number of aryl methyl sites for hydroxylation is 1. The maximum atomic E-state index is 12.7. The van der Waals surface area contributed by atoms with Crippen LogP contribution in [0.1, 0.15) is 28.8 Å². The van der Waals surface area contributed by atoms with Crippen LogP contribution in [0.25, 0.3) is 0 Å². The molecule has 1 amide bonds. The van der Waals surface area contributed by atoms with E-state index in [2.05, 4.69) is 21.9 Å². The second kappa shape index (κ2) is 7.27. The van der Waals surface area contributed by atoms with Gasteiger partial charge in [0, 0.05) is 37.7 Å². The molecule has 2 fully saturated rings. The number of hydrogen-bond acceptors (Lipinski definition) is 5. The molecule has 2 aromatic heterocycles. The third kappa shape index (κ3) is 3.67. The Kier molecular flexibility index (Phi) is 4.83. The van der Waals surface area contributed by atoms with Gasteiger partial charge in [0.25, 0.3) is 5.91 Å². The predicted molar refractivity (Wildman–Crippen MR) is 103 cm³/mol. The normalized spacial score (nSPS) is 21.7. The summed E-state index contributed by atoms with van der Waals surface area (Å²) in [7, 11) is 2.17. The lowest BCUT2D eigenvalue weighted by Gasteiger charge is -2.58. The summed E-state index contributed by atoms with van der Waals surface area (Å²) in [5, 5.41) is 0. The smallest absolute Gasteiger partial charge is 0.255 e. The summed E-state index contributed by atoms with van der Waals surface area (Å²) in [4.78, 5) is 25.5. The highest BCUT2D eigenvalue weighted by atomic mass is 16.5. The molecule has 0 saturated carbocycles. The summed E-state index contributed by atoms with van der Waals surface area (Å²) >= 11 is 0. The van der Waals surface area contributed by atoms with Crippen molar-refractivity contribution in [2.75, 3.05) is 33.3 Å². The summed E-state index contributed by atoms with van der Waals surface area (Å²) in [6, 6.07) is 7.63. The number of nitrogens with zero attached hydrogens (tertiary/aromatic N) is 4. The molecule has 2 saturated heterocycles. The first-order valence-electron chi connectivity index (χ1n) is 9.52. The summed E-state index contributed by atoms with van der Waals surface area (Å²) in [5.74, 6) is 1.25. The number of ether oxygens (including phenoxy) is 1. The highest BCUT2D eigenvalue weighted by molar-refractivity contribution is 5.94. The molecule has 0 aliphatic carbocycles. The van der Waals surface area contributed by atoms with E-state index in [4.69, 9.17) is 4.74 Å². The number of carbonyl (C=O) groups is 1. The average Bonchev–Trinajstić information content (AvgIpc) is 2.66. The zero-order chi connectivity index (χ0) is 18.9. The average molecular weight is 366 g/mol. The van der Waals surface area contributed by atoms with Crippen LogP contribution in [0.4, 0.5) is 0 Å². The Morgan fingerprint density at radius 2 is 2.19 bits per heavy atom. The maximum absolute atomic E-state index is 12.7. The van der Waals surface area contributed by atoms with Gasteiger partial charge in [0.05, 0.1) is 17.7 Å². The number of aromatic nitrogens is 2. The molecule has 2 aliphatic heterocycles.